The highest BCUT2D eigenvalue weighted by Gasteiger charge is 2.29. The van der Waals surface area contributed by atoms with Crippen LogP contribution in [-0.2, 0) is 0 Å². The molecule has 1 fully saturated rings. The summed E-state index contributed by atoms with van der Waals surface area (Å²) in [6, 6.07) is 6.19. The van der Waals surface area contributed by atoms with Crippen LogP contribution in [0.25, 0.3) is 0 Å². The molecule has 2 rings (SSSR count). The predicted octanol–water partition coefficient (Wildman–Crippen LogP) is 2.08. The molecule has 0 aliphatic carbocycles. The Hall–Kier alpha value is -1.26. The van der Waals surface area contributed by atoms with Gasteiger partial charge in [0.1, 0.15) is 5.82 Å². The van der Waals surface area contributed by atoms with Crippen molar-refractivity contribution in [3.05, 3.63) is 35.6 Å². The zero-order chi connectivity index (χ0) is 13.9. The van der Waals surface area contributed by atoms with E-state index in [9.17, 15) is 9.18 Å². The van der Waals surface area contributed by atoms with Crippen molar-refractivity contribution in [1.29, 1.82) is 0 Å². The average molecular weight is 264 g/mol. The van der Waals surface area contributed by atoms with Crippen LogP contribution in [0.5, 0.6) is 0 Å². The Morgan fingerprint density at radius 3 is 2.84 bits per heavy atom. The maximum absolute atomic E-state index is 13.5. The molecule has 1 aliphatic heterocycles. The summed E-state index contributed by atoms with van der Waals surface area (Å²) in [6.45, 7) is 7.79. The smallest absolute Gasteiger partial charge is 0.167 e. The molecule has 0 radical (unpaired) electrons. The molecule has 104 valence electrons. The topological polar surface area (TPSA) is 32.3 Å². The van der Waals surface area contributed by atoms with Crippen molar-refractivity contribution < 1.29 is 9.18 Å². The molecule has 1 heterocycles. The normalized spacial score (nSPS) is 19.3. The number of Topliss-reactive ketones (excluding diaryl/α,β-unsaturated/α-hetero) is 1. The minimum atomic E-state index is -0.424. The van der Waals surface area contributed by atoms with Gasteiger partial charge >= 0.3 is 0 Å². The fourth-order valence-corrected chi connectivity index (χ4v) is 2.50. The fourth-order valence-electron chi connectivity index (χ4n) is 2.50. The van der Waals surface area contributed by atoms with Crippen molar-refractivity contribution in [1.82, 2.24) is 10.2 Å². The van der Waals surface area contributed by atoms with E-state index in [1.807, 2.05) is 0 Å². The molecule has 0 aromatic heterocycles. The third-order valence-electron chi connectivity index (χ3n) is 3.76. The second kappa shape index (κ2) is 5.80. The number of carbonyl (C=O) groups is 1. The van der Waals surface area contributed by atoms with Crippen LogP contribution in [-0.4, -0.2) is 42.4 Å². The molecular weight excluding hydrogens is 243 g/mol. The van der Waals surface area contributed by atoms with E-state index >= 15 is 0 Å². The first-order valence-electron chi connectivity index (χ1n) is 6.74. The minimum absolute atomic E-state index is 0.0494. The molecule has 1 N–H and O–H groups in total. The Kier molecular flexibility index (Phi) is 4.32. The number of rotatable bonds is 4. The van der Waals surface area contributed by atoms with E-state index in [2.05, 4.69) is 24.1 Å². The molecule has 1 aromatic rings. The predicted molar refractivity (Wildman–Crippen MR) is 73.9 cm³/mol. The van der Waals surface area contributed by atoms with Gasteiger partial charge in [0.2, 0.25) is 0 Å². The summed E-state index contributed by atoms with van der Waals surface area (Å²) < 4.78 is 13.5. The number of benzene rings is 1. The second-order valence-corrected chi connectivity index (χ2v) is 5.63. The van der Waals surface area contributed by atoms with Crippen molar-refractivity contribution >= 4 is 5.78 Å². The van der Waals surface area contributed by atoms with E-state index in [-0.39, 0.29) is 16.9 Å². The largest absolute Gasteiger partial charge is 0.314 e. The maximum atomic E-state index is 13.5. The monoisotopic (exact) mass is 264 g/mol. The molecule has 3 nitrogen and oxygen atoms in total. The molecule has 0 unspecified atom stereocenters. The first-order chi connectivity index (χ1) is 9.00. The van der Waals surface area contributed by atoms with Gasteiger partial charge in [0.15, 0.2) is 5.78 Å². The molecule has 1 aromatic carbocycles. The first-order valence-corrected chi connectivity index (χ1v) is 6.74. The lowest BCUT2D eigenvalue weighted by Gasteiger charge is -2.42. The van der Waals surface area contributed by atoms with Crippen molar-refractivity contribution in [2.75, 3.05) is 26.2 Å². The molecule has 0 amide bonds. The van der Waals surface area contributed by atoms with E-state index < -0.39 is 5.82 Å². The maximum Gasteiger partial charge on any atom is 0.167 e. The number of nitrogens with zero attached hydrogens (tertiary/aromatic N) is 1. The summed E-state index contributed by atoms with van der Waals surface area (Å²) in [6.07, 6.45) is 0.365. The van der Waals surface area contributed by atoms with Crippen LogP contribution in [0, 0.1) is 5.82 Å². The van der Waals surface area contributed by atoms with E-state index in [1.165, 1.54) is 6.07 Å². The summed E-state index contributed by atoms with van der Waals surface area (Å²) in [5.41, 5.74) is 0.253. The van der Waals surface area contributed by atoms with Crippen LogP contribution < -0.4 is 5.32 Å². The molecular formula is C15H21FN2O. The highest BCUT2D eigenvalue weighted by Crippen LogP contribution is 2.17. The first kappa shape index (κ1) is 14.2. The number of ketones is 1. The molecule has 4 heteroatoms. The van der Waals surface area contributed by atoms with Crippen molar-refractivity contribution in [2.24, 2.45) is 0 Å². The SMILES string of the molecule is CC1(C)CNCCN1CCC(=O)c1ccccc1F. The Bertz CT molecular complexity index is 459. The van der Waals surface area contributed by atoms with Crippen LogP contribution in [0.2, 0.25) is 0 Å². The van der Waals surface area contributed by atoms with Crippen molar-refractivity contribution in [3.63, 3.8) is 0 Å². The van der Waals surface area contributed by atoms with Gasteiger partial charge in [-0.05, 0) is 26.0 Å². The van der Waals surface area contributed by atoms with Gasteiger partial charge < -0.3 is 5.32 Å². The lowest BCUT2D eigenvalue weighted by Crippen LogP contribution is -2.58. The molecule has 19 heavy (non-hydrogen) atoms. The molecule has 0 atom stereocenters. The Morgan fingerprint density at radius 2 is 2.16 bits per heavy atom. The zero-order valence-electron chi connectivity index (χ0n) is 11.6. The van der Waals surface area contributed by atoms with Gasteiger partial charge in [0, 0.05) is 38.1 Å². The average Bonchev–Trinajstić information content (AvgIpc) is 2.37. The number of hydrogen-bond acceptors (Lipinski definition) is 3. The molecule has 0 spiro atoms. The summed E-state index contributed by atoms with van der Waals surface area (Å²) >= 11 is 0. The van der Waals surface area contributed by atoms with Gasteiger partial charge in [-0.15, -0.1) is 0 Å². The highest BCUT2D eigenvalue weighted by atomic mass is 19.1. The highest BCUT2D eigenvalue weighted by molar-refractivity contribution is 5.96. The molecule has 0 saturated carbocycles. The van der Waals surface area contributed by atoms with Gasteiger partial charge in [-0.1, -0.05) is 12.1 Å². The lowest BCUT2D eigenvalue weighted by molar-refractivity contribution is 0.0781. The lowest BCUT2D eigenvalue weighted by atomic mass is 9.99. The van der Waals surface area contributed by atoms with E-state index in [4.69, 9.17) is 0 Å². The zero-order valence-corrected chi connectivity index (χ0v) is 11.6. The van der Waals surface area contributed by atoms with Crippen molar-refractivity contribution in [3.8, 4) is 0 Å². The second-order valence-electron chi connectivity index (χ2n) is 5.63. The Labute approximate surface area is 113 Å². The van der Waals surface area contributed by atoms with Gasteiger partial charge in [0.05, 0.1) is 5.56 Å². The number of hydrogen-bond donors (Lipinski definition) is 1. The number of halogens is 1. The van der Waals surface area contributed by atoms with Crippen LogP contribution in [0.3, 0.4) is 0 Å². The van der Waals surface area contributed by atoms with Gasteiger partial charge in [-0.25, -0.2) is 4.39 Å². The van der Waals surface area contributed by atoms with E-state index in [0.717, 1.165) is 19.6 Å². The third kappa shape index (κ3) is 3.39. The molecule has 0 bridgehead atoms. The number of carbonyl (C=O) groups excluding carboxylic acids is 1. The third-order valence-corrected chi connectivity index (χ3v) is 3.76. The van der Waals surface area contributed by atoms with Gasteiger partial charge in [-0.3, -0.25) is 9.69 Å². The standard InChI is InChI=1S/C15H21FN2O/c1-15(2)11-17-8-10-18(15)9-7-14(19)12-5-3-4-6-13(12)16/h3-6,17H,7-11H2,1-2H3. The summed E-state index contributed by atoms with van der Waals surface area (Å²) in [5, 5.41) is 3.35. The van der Waals surface area contributed by atoms with Crippen molar-refractivity contribution in [2.45, 2.75) is 25.8 Å². The van der Waals surface area contributed by atoms with E-state index in [1.54, 1.807) is 18.2 Å². The van der Waals surface area contributed by atoms with E-state index in [0.29, 0.717) is 13.0 Å². The fraction of sp³-hybridized carbons (Fsp3) is 0.533. The van der Waals surface area contributed by atoms with Gasteiger partial charge in [0.25, 0.3) is 0 Å². The summed E-state index contributed by atoms with van der Waals surface area (Å²) in [4.78, 5) is 14.3. The Morgan fingerprint density at radius 1 is 1.42 bits per heavy atom. The molecule has 1 aliphatic rings. The van der Waals surface area contributed by atoms with Crippen LogP contribution in [0.4, 0.5) is 4.39 Å². The molecule has 1 saturated heterocycles. The number of nitrogens with one attached hydrogen (secondary N) is 1. The van der Waals surface area contributed by atoms with Crippen LogP contribution in [0.1, 0.15) is 30.6 Å². The van der Waals surface area contributed by atoms with Gasteiger partial charge in [-0.2, -0.15) is 0 Å². The summed E-state index contributed by atoms with van der Waals surface area (Å²) in [7, 11) is 0. The van der Waals surface area contributed by atoms with Crippen LogP contribution in [0.15, 0.2) is 24.3 Å². The van der Waals surface area contributed by atoms with Crippen LogP contribution >= 0.6 is 0 Å². The minimum Gasteiger partial charge on any atom is -0.314 e. The Balaban J connectivity index is 1.95. The number of piperazine rings is 1. The quantitative estimate of drug-likeness (QED) is 0.845. The summed E-state index contributed by atoms with van der Waals surface area (Å²) in [5.74, 6) is -0.542.